The first-order valence-electron chi connectivity index (χ1n) is 7.70. The molecule has 0 bridgehead atoms. The number of aryl methyl sites for hydroxylation is 1. The minimum absolute atomic E-state index is 0.359. The Labute approximate surface area is 116 Å². The summed E-state index contributed by atoms with van der Waals surface area (Å²) in [6, 6.07) is 4.59. The lowest BCUT2D eigenvalue weighted by atomic mass is 9.78. The molecule has 1 aromatic rings. The number of rotatable bonds is 8. The molecule has 1 fully saturated rings. The Morgan fingerprint density at radius 2 is 2.11 bits per heavy atom. The summed E-state index contributed by atoms with van der Waals surface area (Å²) in [4.78, 5) is 0. The molecular weight excluding hydrogens is 238 g/mol. The van der Waals surface area contributed by atoms with Crippen LogP contribution in [0.3, 0.4) is 0 Å². The highest BCUT2D eigenvalue weighted by Crippen LogP contribution is 2.37. The Balaban J connectivity index is 1.86. The van der Waals surface area contributed by atoms with E-state index in [1.54, 1.807) is 0 Å². The van der Waals surface area contributed by atoms with Gasteiger partial charge in [-0.25, -0.2) is 0 Å². The lowest BCUT2D eigenvalue weighted by Gasteiger charge is -2.36. The molecule has 3 nitrogen and oxygen atoms in total. The molecule has 0 amide bonds. The van der Waals surface area contributed by atoms with Gasteiger partial charge in [0.05, 0.1) is 12.1 Å². The zero-order chi connectivity index (χ0) is 13.7. The number of furan rings is 1. The zero-order valence-electron chi connectivity index (χ0n) is 12.4. The van der Waals surface area contributed by atoms with Gasteiger partial charge in [-0.2, -0.15) is 0 Å². The fourth-order valence-electron chi connectivity index (χ4n) is 2.89. The van der Waals surface area contributed by atoms with Gasteiger partial charge in [0.1, 0.15) is 11.5 Å². The van der Waals surface area contributed by atoms with E-state index in [0.29, 0.717) is 12.1 Å². The molecule has 1 atom stereocenters. The van der Waals surface area contributed by atoms with Gasteiger partial charge in [0.25, 0.3) is 0 Å². The van der Waals surface area contributed by atoms with Crippen molar-refractivity contribution >= 4 is 0 Å². The Morgan fingerprint density at radius 1 is 1.32 bits per heavy atom. The summed E-state index contributed by atoms with van der Waals surface area (Å²) in [6.07, 6.45) is 5.04. The molecule has 3 heteroatoms. The van der Waals surface area contributed by atoms with Gasteiger partial charge in [-0.3, -0.25) is 0 Å². The average molecular weight is 265 g/mol. The molecule has 1 unspecified atom stereocenters. The van der Waals surface area contributed by atoms with E-state index in [-0.39, 0.29) is 0 Å². The average Bonchev–Trinajstić information content (AvgIpc) is 2.84. The molecule has 1 heterocycles. The summed E-state index contributed by atoms with van der Waals surface area (Å²) in [7, 11) is 0. The second-order valence-electron chi connectivity index (χ2n) is 5.42. The van der Waals surface area contributed by atoms with Gasteiger partial charge >= 0.3 is 0 Å². The second kappa shape index (κ2) is 7.11. The highest BCUT2D eigenvalue weighted by molar-refractivity contribution is 5.11. The van der Waals surface area contributed by atoms with Gasteiger partial charge in [-0.05, 0) is 50.8 Å². The van der Waals surface area contributed by atoms with Gasteiger partial charge in [0.2, 0.25) is 0 Å². The first kappa shape index (κ1) is 14.6. The third kappa shape index (κ3) is 3.83. The first-order chi connectivity index (χ1) is 9.26. The van der Waals surface area contributed by atoms with E-state index in [1.165, 1.54) is 12.8 Å². The molecule has 2 rings (SSSR count). The van der Waals surface area contributed by atoms with Crippen LogP contribution in [0.1, 0.15) is 57.6 Å². The molecule has 1 N–H and O–H groups in total. The lowest BCUT2D eigenvalue weighted by molar-refractivity contribution is -0.0296. The van der Waals surface area contributed by atoms with Gasteiger partial charge in [-0.15, -0.1) is 0 Å². The third-order valence-electron chi connectivity index (χ3n) is 3.99. The maximum Gasteiger partial charge on any atom is 0.121 e. The monoisotopic (exact) mass is 265 g/mol. The number of hydrogen-bond acceptors (Lipinski definition) is 3. The highest BCUT2D eigenvalue weighted by atomic mass is 16.5. The summed E-state index contributed by atoms with van der Waals surface area (Å²) in [6.45, 7) is 8.17. The van der Waals surface area contributed by atoms with Gasteiger partial charge < -0.3 is 14.5 Å². The van der Waals surface area contributed by atoms with Crippen molar-refractivity contribution in [2.24, 2.45) is 5.92 Å². The largest absolute Gasteiger partial charge is 0.464 e. The summed E-state index contributed by atoms with van der Waals surface area (Å²) in [5.74, 6) is 2.95. The predicted octanol–water partition coefficient (Wildman–Crippen LogP) is 3.70. The molecule has 0 saturated heterocycles. The summed E-state index contributed by atoms with van der Waals surface area (Å²) < 4.78 is 11.5. The van der Waals surface area contributed by atoms with E-state index in [4.69, 9.17) is 9.15 Å². The maximum atomic E-state index is 5.90. The second-order valence-corrected chi connectivity index (χ2v) is 5.42. The van der Waals surface area contributed by atoms with E-state index in [0.717, 1.165) is 43.4 Å². The fraction of sp³-hybridized carbons (Fsp3) is 0.750. The molecule has 1 aromatic heterocycles. The summed E-state index contributed by atoms with van der Waals surface area (Å²) in [5.41, 5.74) is 0. The number of nitrogens with one attached hydrogen (secondary N) is 1. The molecular formula is C16H27NO2. The molecule has 0 aromatic carbocycles. The lowest BCUT2D eigenvalue weighted by Crippen LogP contribution is -2.34. The molecule has 0 spiro atoms. The molecule has 1 aliphatic rings. The molecule has 1 saturated carbocycles. The van der Waals surface area contributed by atoms with Crippen molar-refractivity contribution in [3.05, 3.63) is 23.7 Å². The minimum atomic E-state index is 0.359. The summed E-state index contributed by atoms with van der Waals surface area (Å²) >= 11 is 0. The van der Waals surface area contributed by atoms with Crippen LogP contribution in [-0.4, -0.2) is 19.3 Å². The fourth-order valence-corrected chi connectivity index (χ4v) is 2.89. The molecule has 0 aliphatic heterocycles. The van der Waals surface area contributed by atoms with Crippen LogP contribution >= 0.6 is 0 Å². The van der Waals surface area contributed by atoms with E-state index in [2.05, 4.69) is 38.2 Å². The number of ether oxygens (including phenoxy) is 1. The van der Waals surface area contributed by atoms with Crippen LogP contribution < -0.4 is 5.32 Å². The standard InChI is InChI=1S/C16H27NO2/c1-4-13-7-8-16(19-13)15(17-5-2)11-12-9-14(10-12)18-6-3/h7-8,12,14-15,17H,4-6,9-11H2,1-3H3. The van der Waals surface area contributed by atoms with Crippen LogP contribution in [0.5, 0.6) is 0 Å². The Morgan fingerprint density at radius 3 is 2.68 bits per heavy atom. The molecule has 0 radical (unpaired) electrons. The topological polar surface area (TPSA) is 34.4 Å². The van der Waals surface area contributed by atoms with Gasteiger partial charge in [0.15, 0.2) is 0 Å². The SMILES string of the molecule is CCNC(CC1CC(OCC)C1)c1ccc(CC)o1. The van der Waals surface area contributed by atoms with Crippen molar-refractivity contribution in [1.29, 1.82) is 0 Å². The smallest absolute Gasteiger partial charge is 0.121 e. The van der Waals surface area contributed by atoms with Gasteiger partial charge in [-0.1, -0.05) is 13.8 Å². The van der Waals surface area contributed by atoms with Crippen molar-refractivity contribution in [3.63, 3.8) is 0 Å². The van der Waals surface area contributed by atoms with Crippen molar-refractivity contribution in [1.82, 2.24) is 5.32 Å². The highest BCUT2D eigenvalue weighted by Gasteiger charge is 2.32. The van der Waals surface area contributed by atoms with Crippen LogP contribution in [0.2, 0.25) is 0 Å². The van der Waals surface area contributed by atoms with Crippen molar-refractivity contribution < 1.29 is 9.15 Å². The van der Waals surface area contributed by atoms with E-state index < -0.39 is 0 Å². The van der Waals surface area contributed by atoms with Crippen molar-refractivity contribution in [2.75, 3.05) is 13.2 Å². The van der Waals surface area contributed by atoms with Crippen LogP contribution in [0.15, 0.2) is 16.5 Å². The van der Waals surface area contributed by atoms with E-state index in [1.807, 2.05) is 0 Å². The van der Waals surface area contributed by atoms with Crippen LogP contribution in [0.4, 0.5) is 0 Å². The van der Waals surface area contributed by atoms with Crippen LogP contribution in [-0.2, 0) is 11.2 Å². The maximum absolute atomic E-state index is 5.90. The predicted molar refractivity (Wildman–Crippen MR) is 77.3 cm³/mol. The quantitative estimate of drug-likeness (QED) is 0.778. The van der Waals surface area contributed by atoms with E-state index in [9.17, 15) is 0 Å². The van der Waals surface area contributed by atoms with Crippen molar-refractivity contribution in [2.45, 2.75) is 58.6 Å². The molecule has 19 heavy (non-hydrogen) atoms. The third-order valence-corrected chi connectivity index (χ3v) is 3.99. The van der Waals surface area contributed by atoms with Crippen LogP contribution in [0.25, 0.3) is 0 Å². The molecule has 1 aliphatic carbocycles. The zero-order valence-corrected chi connectivity index (χ0v) is 12.4. The Kier molecular flexibility index (Phi) is 5.46. The van der Waals surface area contributed by atoms with Gasteiger partial charge in [0, 0.05) is 13.0 Å². The summed E-state index contributed by atoms with van der Waals surface area (Å²) in [5, 5.41) is 3.55. The van der Waals surface area contributed by atoms with Crippen molar-refractivity contribution in [3.8, 4) is 0 Å². The minimum Gasteiger partial charge on any atom is -0.464 e. The van der Waals surface area contributed by atoms with Crippen LogP contribution in [0, 0.1) is 5.92 Å². The Hall–Kier alpha value is -0.800. The number of hydrogen-bond donors (Lipinski definition) is 1. The normalized spacial score (nSPS) is 24.2. The molecule has 108 valence electrons. The first-order valence-corrected chi connectivity index (χ1v) is 7.70. The Bertz CT molecular complexity index is 369. The van der Waals surface area contributed by atoms with E-state index >= 15 is 0 Å².